The molecule has 0 N–H and O–H groups in total. The summed E-state index contributed by atoms with van der Waals surface area (Å²) in [6.45, 7) is 25.5. The van der Waals surface area contributed by atoms with E-state index in [0.29, 0.717) is 0 Å². The maximum absolute atomic E-state index is 2.35. The lowest BCUT2D eigenvalue weighted by Crippen LogP contribution is -2.26. The molecule has 9 aromatic rings. The molecule has 0 fully saturated rings. The van der Waals surface area contributed by atoms with Crippen LogP contribution in [0.15, 0.2) is 272 Å². The number of hydrogen-bond acceptors (Lipinski definition) is 0. The fourth-order valence-electron chi connectivity index (χ4n) is 10.6. The predicted octanol–water partition coefficient (Wildman–Crippen LogP) is 23.7. The van der Waals surface area contributed by atoms with E-state index in [9.17, 15) is 0 Å². The van der Waals surface area contributed by atoms with Crippen molar-refractivity contribution in [1.82, 2.24) is 0 Å². The first-order valence-corrected chi connectivity index (χ1v) is 30.0. The summed E-state index contributed by atoms with van der Waals surface area (Å²) in [7, 11) is 0. The van der Waals surface area contributed by atoms with Crippen LogP contribution in [-0.2, 0) is 11.8 Å². The summed E-state index contributed by atoms with van der Waals surface area (Å²) in [5.74, 6) is 0. The zero-order valence-corrected chi connectivity index (χ0v) is 51.4. The Morgan fingerprint density at radius 3 is 1.35 bits per heavy atom. The Balaban J connectivity index is 0.000000210. The highest BCUT2D eigenvalue weighted by atomic mass is 14.4. The molecule has 0 aliphatic heterocycles. The standard InChI is InChI=1S/C40H34.C18H22.C13H12.C7H10.2C2H6/c1-30-17-23-33(24-18-30)34-25-19-31(20-26-34)29-32-21-27-35(28-22-32)38-15-9-10-16-39(38)40(2,36-11-5-3-6-12-36)37-13-7-4-8-14-37;1-5-8-16-12-11-14(3)18(15(16)4)17-10-7-6-9-13(17)2;1-11-7-9-13(10-8-11)12-5-3-2-4-6-12;1-7-5-3-2-4-6-7;2*1-2/h3-28H,29H2,1-2H3;5,7-8,10-12H,6,9H2,1-4H3;2-10H,1H3;2-3,5H,4,6H2,1H3;2*1-2H3/b;8-5-;;;;. The monoisotopic (exact) mass is 1070 g/mol. The normalized spacial score (nSPS) is 12.4. The molecule has 0 bridgehead atoms. The van der Waals surface area contributed by atoms with Crippen LogP contribution in [0, 0.1) is 27.7 Å². The molecule has 9 aromatic carbocycles. The fraction of sp³-hybridized carbons (Fsp3) is 0.220. The lowest BCUT2D eigenvalue weighted by molar-refractivity contribution is 0.694. The molecule has 11 rings (SSSR count). The second-order valence-corrected chi connectivity index (χ2v) is 21.2. The Morgan fingerprint density at radius 1 is 0.439 bits per heavy atom. The van der Waals surface area contributed by atoms with Crippen LogP contribution in [0.2, 0.25) is 0 Å². The van der Waals surface area contributed by atoms with Gasteiger partial charge in [-0.15, -0.1) is 0 Å². The molecule has 0 saturated heterocycles. The highest BCUT2D eigenvalue weighted by Crippen LogP contribution is 2.43. The minimum Gasteiger partial charge on any atom is -0.0871 e. The molecule has 0 atom stereocenters. The zero-order chi connectivity index (χ0) is 58.7. The van der Waals surface area contributed by atoms with Crippen LogP contribution in [0.5, 0.6) is 0 Å². The van der Waals surface area contributed by atoms with Gasteiger partial charge in [0, 0.05) is 5.41 Å². The zero-order valence-electron chi connectivity index (χ0n) is 51.4. The van der Waals surface area contributed by atoms with Crippen molar-refractivity contribution in [2.75, 3.05) is 0 Å². The molecule has 0 heterocycles. The first kappa shape index (κ1) is 62.9. The quantitative estimate of drug-likeness (QED) is 0.120. The second-order valence-electron chi connectivity index (χ2n) is 21.2. The van der Waals surface area contributed by atoms with Crippen LogP contribution >= 0.6 is 0 Å². The van der Waals surface area contributed by atoms with Gasteiger partial charge < -0.3 is 0 Å². The van der Waals surface area contributed by atoms with Crippen molar-refractivity contribution in [3.8, 4) is 33.4 Å². The van der Waals surface area contributed by atoms with Gasteiger partial charge in [-0.1, -0.05) is 317 Å². The molecule has 418 valence electrons. The molecular weight excluding hydrogens is 985 g/mol. The Bertz CT molecular complexity index is 3430. The first-order chi connectivity index (χ1) is 40.0. The van der Waals surface area contributed by atoms with E-state index < -0.39 is 0 Å². The predicted molar refractivity (Wildman–Crippen MR) is 363 cm³/mol. The van der Waals surface area contributed by atoms with E-state index in [2.05, 4.69) is 316 Å². The highest BCUT2D eigenvalue weighted by molar-refractivity contribution is 5.83. The summed E-state index contributed by atoms with van der Waals surface area (Å²) >= 11 is 0. The van der Waals surface area contributed by atoms with Gasteiger partial charge in [0.2, 0.25) is 0 Å². The minimum absolute atomic E-state index is 0.281. The number of rotatable bonds is 10. The van der Waals surface area contributed by atoms with Gasteiger partial charge in [-0.2, -0.15) is 0 Å². The highest BCUT2D eigenvalue weighted by Gasteiger charge is 2.33. The summed E-state index contributed by atoms with van der Waals surface area (Å²) in [4.78, 5) is 0. The minimum atomic E-state index is -0.281. The van der Waals surface area contributed by atoms with Crippen LogP contribution in [0.25, 0.3) is 45.0 Å². The summed E-state index contributed by atoms with van der Waals surface area (Å²) < 4.78 is 0. The molecule has 0 saturated carbocycles. The van der Waals surface area contributed by atoms with Gasteiger partial charge in [-0.3, -0.25) is 0 Å². The lowest BCUT2D eigenvalue weighted by atomic mass is 9.69. The van der Waals surface area contributed by atoms with E-state index in [1.165, 1.54) is 137 Å². The van der Waals surface area contributed by atoms with Crippen LogP contribution in [0.1, 0.15) is 142 Å². The van der Waals surface area contributed by atoms with Gasteiger partial charge >= 0.3 is 0 Å². The van der Waals surface area contributed by atoms with Crippen molar-refractivity contribution in [2.24, 2.45) is 0 Å². The molecule has 0 amide bonds. The SMILES string of the molecule is C/C=C\c1ccc(C)c(C2=C(C)CCC=C2)c1C.CC.CC.CC1=CC=CCC1.Cc1ccc(-c2ccc(Cc3ccc(-c4ccccc4C(C)(c4ccccc4)c4ccccc4)cc3)cc2)cc1.Cc1ccc(-c2ccccc2)cc1. The van der Waals surface area contributed by atoms with Crippen molar-refractivity contribution in [3.63, 3.8) is 0 Å². The molecule has 0 aromatic heterocycles. The van der Waals surface area contributed by atoms with E-state index >= 15 is 0 Å². The average Bonchev–Trinajstić information content (AvgIpc) is 3.65. The fourth-order valence-corrected chi connectivity index (χ4v) is 10.6. The third kappa shape index (κ3) is 17.3. The van der Waals surface area contributed by atoms with Gasteiger partial charge in [0.15, 0.2) is 0 Å². The van der Waals surface area contributed by atoms with Gasteiger partial charge in [0.25, 0.3) is 0 Å². The third-order valence-corrected chi connectivity index (χ3v) is 15.3. The number of benzene rings is 9. The summed E-state index contributed by atoms with van der Waals surface area (Å²) in [6, 6.07) is 80.9. The molecule has 0 spiro atoms. The molecule has 82 heavy (non-hydrogen) atoms. The van der Waals surface area contributed by atoms with E-state index in [4.69, 9.17) is 0 Å². The van der Waals surface area contributed by atoms with Gasteiger partial charge in [0.1, 0.15) is 0 Å². The summed E-state index contributed by atoms with van der Waals surface area (Å²) in [5, 5.41) is 0. The molecular formula is C82H90. The topological polar surface area (TPSA) is 0 Å². The van der Waals surface area contributed by atoms with Crippen molar-refractivity contribution in [2.45, 2.75) is 121 Å². The number of allylic oxidation sites excluding steroid dienone is 9. The van der Waals surface area contributed by atoms with Crippen molar-refractivity contribution in [3.05, 3.63) is 333 Å². The van der Waals surface area contributed by atoms with E-state index in [1.54, 1.807) is 0 Å². The number of aryl methyl sites for hydroxylation is 3. The molecule has 0 heteroatoms. The van der Waals surface area contributed by atoms with E-state index in [0.717, 1.165) is 6.42 Å². The van der Waals surface area contributed by atoms with Gasteiger partial charge in [-0.25, -0.2) is 0 Å². The van der Waals surface area contributed by atoms with Crippen LogP contribution in [0.3, 0.4) is 0 Å². The van der Waals surface area contributed by atoms with Crippen LogP contribution < -0.4 is 0 Å². The Morgan fingerprint density at radius 2 is 0.890 bits per heavy atom. The summed E-state index contributed by atoms with van der Waals surface area (Å²) in [6.07, 6.45) is 21.2. The Labute approximate surface area is 496 Å². The van der Waals surface area contributed by atoms with Crippen molar-refractivity contribution >= 4 is 11.6 Å². The van der Waals surface area contributed by atoms with E-state index in [1.807, 2.05) is 33.8 Å². The smallest absolute Gasteiger partial charge is 0.0429 e. The van der Waals surface area contributed by atoms with Crippen LogP contribution in [-0.4, -0.2) is 0 Å². The molecule has 0 nitrogen and oxygen atoms in total. The maximum Gasteiger partial charge on any atom is 0.0429 e. The van der Waals surface area contributed by atoms with Crippen molar-refractivity contribution < 1.29 is 0 Å². The average molecular weight is 1080 g/mol. The summed E-state index contributed by atoms with van der Waals surface area (Å²) in [5.41, 5.74) is 26.4. The molecule has 2 aliphatic rings. The van der Waals surface area contributed by atoms with Gasteiger partial charge in [0.05, 0.1) is 0 Å². The third-order valence-electron chi connectivity index (χ3n) is 15.3. The molecule has 0 radical (unpaired) electrons. The van der Waals surface area contributed by atoms with Crippen molar-refractivity contribution in [1.29, 1.82) is 0 Å². The van der Waals surface area contributed by atoms with Gasteiger partial charge in [-0.05, 0) is 177 Å². The molecule has 2 aliphatic carbocycles. The largest absolute Gasteiger partial charge is 0.0871 e. The number of hydrogen-bond donors (Lipinski definition) is 0. The first-order valence-electron chi connectivity index (χ1n) is 30.0. The molecule has 0 unspecified atom stereocenters. The van der Waals surface area contributed by atoms with E-state index in [-0.39, 0.29) is 5.41 Å². The second kappa shape index (κ2) is 32.8. The lowest BCUT2D eigenvalue weighted by Gasteiger charge is -2.34. The maximum atomic E-state index is 2.35. The Hall–Kier alpha value is -8.32. The Kier molecular flexibility index (Phi) is 25.2. The van der Waals surface area contributed by atoms with Crippen LogP contribution in [0.4, 0.5) is 0 Å².